The molecule has 1 aromatic rings. The average Bonchev–Trinajstić information content (AvgIpc) is 2.85. The van der Waals surface area contributed by atoms with Gasteiger partial charge < -0.3 is 20.7 Å². The van der Waals surface area contributed by atoms with E-state index in [4.69, 9.17) is 10.5 Å². The molecule has 0 radical (unpaired) electrons. The number of ether oxygens (including phenoxy) is 1. The predicted octanol–water partition coefficient (Wildman–Crippen LogP) is 0.753. The molecule has 0 aliphatic heterocycles. The Morgan fingerprint density at radius 2 is 2.20 bits per heavy atom. The molecule has 0 bridgehead atoms. The van der Waals surface area contributed by atoms with Crippen LogP contribution in [0.3, 0.4) is 0 Å². The van der Waals surface area contributed by atoms with Crippen LogP contribution in [0, 0.1) is 0 Å². The number of rotatable bonds is 8. The van der Waals surface area contributed by atoms with Crippen LogP contribution in [0.5, 0.6) is 0 Å². The van der Waals surface area contributed by atoms with E-state index in [0.29, 0.717) is 25.4 Å². The van der Waals surface area contributed by atoms with Crippen LogP contribution in [0.2, 0.25) is 0 Å². The Labute approximate surface area is 135 Å². The molecule has 20 heavy (non-hydrogen) atoms. The standard InChI is InChI=1S/C11H20N4O2S.2ClH/c1-15(5-6-17-2)4-3-13-11(16)9-8-18-10(7-12)14-9;;/h8H,3-7,12H2,1-2H3,(H,13,16);2*1H. The topological polar surface area (TPSA) is 80.5 Å². The Bertz CT molecular complexity index is 379. The number of nitrogens with zero attached hydrogens (tertiary/aromatic N) is 2. The number of thiazole rings is 1. The molecule has 1 heterocycles. The third-order valence-electron chi connectivity index (χ3n) is 2.42. The lowest BCUT2D eigenvalue weighted by atomic mass is 10.4. The van der Waals surface area contributed by atoms with Gasteiger partial charge >= 0.3 is 0 Å². The first kappa shape index (κ1) is 21.9. The summed E-state index contributed by atoms with van der Waals surface area (Å²) in [5, 5.41) is 5.33. The summed E-state index contributed by atoms with van der Waals surface area (Å²) in [4.78, 5) is 17.9. The number of nitrogens with two attached hydrogens (primary N) is 1. The fourth-order valence-electron chi connectivity index (χ4n) is 1.32. The van der Waals surface area contributed by atoms with Gasteiger partial charge in [0, 0.05) is 38.7 Å². The maximum atomic E-state index is 11.7. The van der Waals surface area contributed by atoms with Crippen molar-refractivity contribution in [2.45, 2.75) is 6.54 Å². The van der Waals surface area contributed by atoms with Gasteiger partial charge in [-0.2, -0.15) is 0 Å². The fraction of sp³-hybridized carbons (Fsp3) is 0.636. The van der Waals surface area contributed by atoms with Crippen LogP contribution in [0.15, 0.2) is 5.38 Å². The van der Waals surface area contributed by atoms with E-state index in [1.165, 1.54) is 11.3 Å². The molecule has 0 fully saturated rings. The lowest BCUT2D eigenvalue weighted by molar-refractivity contribution is 0.0943. The van der Waals surface area contributed by atoms with E-state index in [2.05, 4.69) is 15.2 Å². The zero-order chi connectivity index (χ0) is 13.4. The third-order valence-corrected chi connectivity index (χ3v) is 3.29. The molecular weight excluding hydrogens is 323 g/mol. The van der Waals surface area contributed by atoms with Crippen LogP contribution in [-0.4, -0.2) is 56.2 Å². The van der Waals surface area contributed by atoms with Crippen molar-refractivity contribution in [3.05, 3.63) is 16.1 Å². The SMILES string of the molecule is COCCN(C)CCNC(=O)c1csc(CN)n1.Cl.Cl. The van der Waals surface area contributed by atoms with Gasteiger partial charge in [-0.05, 0) is 7.05 Å². The smallest absolute Gasteiger partial charge is 0.270 e. The minimum atomic E-state index is -0.147. The highest BCUT2D eigenvalue weighted by atomic mass is 35.5. The van der Waals surface area contributed by atoms with Gasteiger partial charge in [0.1, 0.15) is 10.7 Å². The van der Waals surface area contributed by atoms with Crippen molar-refractivity contribution in [2.75, 3.05) is 40.4 Å². The minimum Gasteiger partial charge on any atom is -0.383 e. The summed E-state index contributed by atoms with van der Waals surface area (Å²) in [7, 11) is 3.66. The molecule has 0 spiro atoms. The van der Waals surface area contributed by atoms with E-state index in [0.717, 1.165) is 18.1 Å². The monoisotopic (exact) mass is 344 g/mol. The van der Waals surface area contributed by atoms with Gasteiger partial charge in [-0.15, -0.1) is 36.2 Å². The van der Waals surface area contributed by atoms with E-state index in [9.17, 15) is 4.79 Å². The second-order valence-electron chi connectivity index (χ2n) is 3.88. The van der Waals surface area contributed by atoms with Crippen molar-refractivity contribution < 1.29 is 9.53 Å². The van der Waals surface area contributed by atoms with Crippen LogP contribution in [0.4, 0.5) is 0 Å². The van der Waals surface area contributed by atoms with Crippen LogP contribution < -0.4 is 11.1 Å². The van der Waals surface area contributed by atoms with Crippen molar-refractivity contribution in [1.29, 1.82) is 0 Å². The maximum absolute atomic E-state index is 11.7. The summed E-state index contributed by atoms with van der Waals surface area (Å²) >= 11 is 1.40. The zero-order valence-electron chi connectivity index (χ0n) is 11.6. The molecule has 0 saturated heterocycles. The van der Waals surface area contributed by atoms with Gasteiger partial charge in [-0.1, -0.05) is 0 Å². The molecule has 0 aromatic carbocycles. The minimum absolute atomic E-state index is 0. The van der Waals surface area contributed by atoms with E-state index in [1.807, 2.05) is 7.05 Å². The first-order valence-corrected chi connectivity index (χ1v) is 6.65. The molecule has 0 saturated carbocycles. The number of hydrogen-bond acceptors (Lipinski definition) is 6. The van der Waals surface area contributed by atoms with Crippen LogP contribution in [0.25, 0.3) is 0 Å². The second-order valence-corrected chi connectivity index (χ2v) is 4.83. The van der Waals surface area contributed by atoms with E-state index >= 15 is 0 Å². The number of carbonyl (C=O) groups is 1. The first-order chi connectivity index (χ1) is 8.67. The van der Waals surface area contributed by atoms with Crippen LogP contribution in [-0.2, 0) is 11.3 Å². The normalized spacial score (nSPS) is 9.80. The van der Waals surface area contributed by atoms with Crippen molar-refractivity contribution in [3.8, 4) is 0 Å². The Kier molecular flexibility index (Phi) is 13.5. The Balaban J connectivity index is 0. The number of aromatic nitrogens is 1. The van der Waals surface area contributed by atoms with Gasteiger partial charge in [0.15, 0.2) is 0 Å². The van der Waals surface area contributed by atoms with Gasteiger partial charge in [0.2, 0.25) is 0 Å². The predicted molar refractivity (Wildman–Crippen MR) is 86.2 cm³/mol. The molecule has 0 unspecified atom stereocenters. The highest BCUT2D eigenvalue weighted by Gasteiger charge is 2.09. The van der Waals surface area contributed by atoms with E-state index < -0.39 is 0 Å². The number of nitrogens with one attached hydrogen (secondary N) is 1. The molecule has 118 valence electrons. The second kappa shape index (κ2) is 12.3. The van der Waals surface area contributed by atoms with Gasteiger partial charge in [0.25, 0.3) is 5.91 Å². The molecule has 1 amide bonds. The number of amides is 1. The maximum Gasteiger partial charge on any atom is 0.270 e. The number of halogens is 2. The van der Waals surface area contributed by atoms with Crippen molar-refractivity contribution >= 4 is 42.1 Å². The summed E-state index contributed by atoms with van der Waals surface area (Å²) in [5.41, 5.74) is 5.89. The van der Waals surface area contributed by atoms with E-state index in [1.54, 1.807) is 12.5 Å². The van der Waals surface area contributed by atoms with E-state index in [-0.39, 0.29) is 30.7 Å². The molecule has 0 aliphatic carbocycles. The molecule has 0 aliphatic rings. The van der Waals surface area contributed by atoms with Crippen LogP contribution in [0.1, 0.15) is 15.5 Å². The number of likely N-dealkylation sites (N-methyl/N-ethyl adjacent to an activating group) is 1. The number of carbonyl (C=O) groups excluding carboxylic acids is 1. The summed E-state index contributed by atoms with van der Waals surface area (Å²) < 4.78 is 4.97. The molecule has 9 heteroatoms. The van der Waals surface area contributed by atoms with Gasteiger partial charge in [-0.25, -0.2) is 4.98 Å². The molecule has 0 atom stereocenters. The fourth-order valence-corrected chi connectivity index (χ4v) is 1.97. The molecule has 1 aromatic heterocycles. The molecular formula is C11H22Cl2N4O2S. The van der Waals surface area contributed by atoms with Crippen molar-refractivity contribution in [1.82, 2.24) is 15.2 Å². The highest BCUT2D eigenvalue weighted by Crippen LogP contribution is 2.08. The number of hydrogen-bond donors (Lipinski definition) is 2. The summed E-state index contributed by atoms with van der Waals surface area (Å²) in [5.74, 6) is -0.147. The highest BCUT2D eigenvalue weighted by molar-refractivity contribution is 7.09. The van der Waals surface area contributed by atoms with Gasteiger partial charge in [0.05, 0.1) is 6.61 Å². The van der Waals surface area contributed by atoms with Crippen molar-refractivity contribution in [3.63, 3.8) is 0 Å². The average molecular weight is 345 g/mol. The Morgan fingerprint density at radius 1 is 1.50 bits per heavy atom. The Hall–Kier alpha value is -0.440. The lowest BCUT2D eigenvalue weighted by Crippen LogP contribution is -2.34. The van der Waals surface area contributed by atoms with Gasteiger partial charge in [-0.3, -0.25) is 4.79 Å². The largest absolute Gasteiger partial charge is 0.383 e. The van der Waals surface area contributed by atoms with Crippen molar-refractivity contribution in [2.24, 2.45) is 5.73 Å². The molecule has 6 nitrogen and oxygen atoms in total. The summed E-state index contributed by atoms with van der Waals surface area (Å²) in [6.45, 7) is 3.28. The van der Waals surface area contributed by atoms with Crippen LogP contribution >= 0.6 is 36.2 Å². The molecule has 1 rings (SSSR count). The third kappa shape index (κ3) is 7.98. The zero-order valence-corrected chi connectivity index (χ0v) is 14.1. The molecule has 3 N–H and O–H groups in total. The number of methoxy groups -OCH3 is 1. The summed E-state index contributed by atoms with van der Waals surface area (Å²) in [6.07, 6.45) is 0. The quantitative estimate of drug-likeness (QED) is 0.727. The summed E-state index contributed by atoms with van der Waals surface area (Å²) in [6, 6.07) is 0. The first-order valence-electron chi connectivity index (χ1n) is 5.77. The Morgan fingerprint density at radius 3 is 2.75 bits per heavy atom. The lowest BCUT2D eigenvalue weighted by Gasteiger charge is -2.15.